The van der Waals surface area contributed by atoms with Crippen LogP contribution >= 0.6 is 10.3 Å². The number of hydrogen-bond acceptors (Lipinski definition) is 6. The molecule has 0 atom stereocenters. The predicted octanol–water partition coefficient (Wildman–Crippen LogP) is 6.56. The van der Waals surface area contributed by atoms with Crippen LogP contribution in [0, 0.1) is 6.92 Å². The molecule has 2 aromatic heterocycles. The molecular formula is C27H28N2O4S2. The minimum absolute atomic E-state index is 0.0690. The number of pyridine rings is 2. The van der Waals surface area contributed by atoms with Crippen LogP contribution in [0.4, 0.5) is 0 Å². The van der Waals surface area contributed by atoms with E-state index >= 15 is 0 Å². The SMILES string of the molecule is Cc1ccc(S(=O)(=O)OS(c2ccc(OC(C)(C)C)cc2)(c2ccccn2)c2ccccn2)cc1. The number of ether oxygens (including phenoxy) is 1. The summed E-state index contributed by atoms with van der Waals surface area (Å²) < 4.78 is 39.5. The third-order valence-corrected chi connectivity index (χ3v) is 9.93. The molecule has 182 valence electrons. The Morgan fingerprint density at radius 3 is 1.66 bits per heavy atom. The molecule has 0 amide bonds. The van der Waals surface area contributed by atoms with Crippen molar-refractivity contribution in [3.05, 3.63) is 103 Å². The van der Waals surface area contributed by atoms with Gasteiger partial charge in [0.25, 0.3) is 0 Å². The monoisotopic (exact) mass is 508 g/mol. The Labute approximate surface area is 208 Å². The third kappa shape index (κ3) is 5.56. The molecule has 6 nitrogen and oxygen atoms in total. The molecule has 0 aliphatic rings. The predicted molar refractivity (Wildman–Crippen MR) is 137 cm³/mol. The van der Waals surface area contributed by atoms with E-state index in [2.05, 4.69) is 9.97 Å². The van der Waals surface area contributed by atoms with Gasteiger partial charge < -0.3 is 4.74 Å². The van der Waals surface area contributed by atoms with Crippen molar-refractivity contribution in [2.24, 2.45) is 0 Å². The van der Waals surface area contributed by atoms with E-state index in [0.717, 1.165) is 5.56 Å². The molecule has 0 bridgehead atoms. The first kappa shape index (κ1) is 24.9. The number of aryl methyl sites for hydroxylation is 1. The van der Waals surface area contributed by atoms with E-state index in [1.165, 1.54) is 0 Å². The molecule has 35 heavy (non-hydrogen) atoms. The molecule has 2 aromatic carbocycles. The summed E-state index contributed by atoms with van der Waals surface area (Å²) in [6.07, 6.45) is 3.25. The summed E-state index contributed by atoms with van der Waals surface area (Å²) in [5.74, 6) is 0.665. The summed E-state index contributed by atoms with van der Waals surface area (Å²) in [6.45, 7) is 7.80. The fourth-order valence-electron chi connectivity index (χ4n) is 3.42. The highest BCUT2D eigenvalue weighted by Crippen LogP contribution is 2.69. The number of benzene rings is 2. The summed E-state index contributed by atoms with van der Waals surface area (Å²) in [7, 11) is -7.07. The van der Waals surface area contributed by atoms with E-state index in [9.17, 15) is 8.42 Å². The van der Waals surface area contributed by atoms with Gasteiger partial charge in [-0.05, 0) is 88.4 Å². The van der Waals surface area contributed by atoms with Gasteiger partial charge in [-0.1, -0.05) is 29.8 Å². The van der Waals surface area contributed by atoms with Gasteiger partial charge in [0.15, 0.2) is 0 Å². The van der Waals surface area contributed by atoms with Crippen molar-refractivity contribution in [3.8, 4) is 5.75 Å². The van der Waals surface area contributed by atoms with E-state index in [4.69, 9.17) is 8.37 Å². The maximum Gasteiger partial charge on any atom is 0.307 e. The van der Waals surface area contributed by atoms with E-state index in [1.807, 2.05) is 64.1 Å². The van der Waals surface area contributed by atoms with E-state index in [0.29, 0.717) is 20.7 Å². The Bertz CT molecular complexity index is 1330. The summed E-state index contributed by atoms with van der Waals surface area (Å²) >= 11 is 0. The zero-order valence-electron chi connectivity index (χ0n) is 20.1. The molecular weight excluding hydrogens is 480 g/mol. The zero-order valence-corrected chi connectivity index (χ0v) is 21.7. The first-order valence-corrected chi connectivity index (χ1v) is 14.0. The average Bonchev–Trinajstić information content (AvgIpc) is 2.83. The van der Waals surface area contributed by atoms with Crippen molar-refractivity contribution in [2.75, 3.05) is 0 Å². The van der Waals surface area contributed by atoms with Gasteiger partial charge in [-0.3, -0.25) is 0 Å². The molecule has 0 saturated heterocycles. The molecule has 0 spiro atoms. The van der Waals surface area contributed by atoms with Gasteiger partial charge in [0.05, 0.1) is 4.90 Å². The first-order valence-electron chi connectivity index (χ1n) is 11.1. The van der Waals surface area contributed by atoms with E-state index in [1.54, 1.807) is 60.9 Å². The number of nitrogens with zero attached hydrogens (tertiary/aromatic N) is 2. The molecule has 0 unspecified atom stereocenters. The van der Waals surface area contributed by atoms with Crippen LogP contribution in [0.2, 0.25) is 0 Å². The lowest BCUT2D eigenvalue weighted by Gasteiger charge is -2.37. The van der Waals surface area contributed by atoms with E-state index in [-0.39, 0.29) is 10.5 Å². The largest absolute Gasteiger partial charge is 0.488 e. The Hall–Kier alpha value is -3.20. The minimum Gasteiger partial charge on any atom is -0.488 e. The molecule has 0 aliphatic carbocycles. The Morgan fingerprint density at radius 1 is 0.686 bits per heavy atom. The molecule has 0 fully saturated rings. The average molecular weight is 509 g/mol. The van der Waals surface area contributed by atoms with Crippen LogP contribution < -0.4 is 4.74 Å². The second-order valence-corrected chi connectivity index (χ2v) is 13.3. The van der Waals surface area contributed by atoms with Crippen LogP contribution in [0.3, 0.4) is 0 Å². The molecule has 0 aliphatic heterocycles. The molecule has 0 N–H and O–H groups in total. The molecule has 4 aromatic rings. The van der Waals surface area contributed by atoms with Gasteiger partial charge in [0.1, 0.15) is 21.4 Å². The van der Waals surface area contributed by atoms with Crippen molar-refractivity contribution in [3.63, 3.8) is 0 Å². The molecule has 0 radical (unpaired) electrons. The van der Waals surface area contributed by atoms with Crippen LogP contribution in [0.25, 0.3) is 0 Å². The lowest BCUT2D eigenvalue weighted by atomic mass is 10.2. The fourth-order valence-corrected chi connectivity index (χ4v) is 8.33. The van der Waals surface area contributed by atoms with Crippen molar-refractivity contribution >= 4 is 20.4 Å². The van der Waals surface area contributed by atoms with Gasteiger partial charge in [0.2, 0.25) is 0 Å². The quantitative estimate of drug-likeness (QED) is 0.281. The number of rotatable bonds is 7. The summed E-state index contributed by atoms with van der Waals surface area (Å²) in [4.78, 5) is 9.81. The smallest absolute Gasteiger partial charge is 0.307 e. The minimum atomic E-state index is -4.19. The van der Waals surface area contributed by atoms with Crippen LogP contribution in [0.5, 0.6) is 5.75 Å². The van der Waals surface area contributed by atoms with Crippen molar-refractivity contribution in [1.82, 2.24) is 9.97 Å². The maximum absolute atomic E-state index is 13.7. The molecule has 8 heteroatoms. The van der Waals surface area contributed by atoms with E-state index < -0.39 is 20.4 Å². The highest BCUT2D eigenvalue weighted by molar-refractivity contribution is 8.33. The topological polar surface area (TPSA) is 78.4 Å². The Kier molecular flexibility index (Phi) is 6.98. The highest BCUT2D eigenvalue weighted by Gasteiger charge is 2.40. The Morgan fingerprint density at radius 2 is 1.20 bits per heavy atom. The summed E-state index contributed by atoms with van der Waals surface area (Å²) in [5.41, 5.74) is 0.574. The lowest BCUT2D eigenvalue weighted by molar-refractivity contribution is 0.131. The summed E-state index contributed by atoms with van der Waals surface area (Å²) in [5, 5.41) is 0.942. The van der Waals surface area contributed by atoms with Crippen LogP contribution in [-0.2, 0) is 13.7 Å². The van der Waals surface area contributed by atoms with Gasteiger partial charge >= 0.3 is 10.1 Å². The van der Waals surface area contributed by atoms with Gasteiger partial charge in [0, 0.05) is 27.6 Å². The van der Waals surface area contributed by atoms with Gasteiger partial charge in [-0.2, -0.15) is 12.0 Å². The molecule has 2 heterocycles. The summed E-state index contributed by atoms with van der Waals surface area (Å²) in [6, 6.07) is 24.6. The second-order valence-electron chi connectivity index (χ2n) is 8.91. The lowest BCUT2D eigenvalue weighted by Crippen LogP contribution is -2.23. The molecule has 4 rings (SSSR count). The third-order valence-electron chi connectivity index (χ3n) is 4.95. The van der Waals surface area contributed by atoms with Crippen molar-refractivity contribution in [1.29, 1.82) is 0 Å². The normalized spacial score (nSPS) is 12.8. The standard InChI is InChI=1S/C27H28N2O4S2/c1-21-11-15-24(16-12-21)35(30,31)33-34(25-9-5-7-19-28-25,26-10-6-8-20-29-26)23-17-13-22(14-18-23)32-27(2,3)4/h5-20H,1-4H3. The van der Waals surface area contributed by atoms with Crippen LogP contribution in [0.15, 0.2) is 117 Å². The van der Waals surface area contributed by atoms with Crippen LogP contribution in [0.1, 0.15) is 26.3 Å². The van der Waals surface area contributed by atoms with Crippen molar-refractivity contribution < 1.29 is 16.8 Å². The van der Waals surface area contributed by atoms with Gasteiger partial charge in [-0.15, -0.1) is 0 Å². The number of hydrogen-bond donors (Lipinski definition) is 0. The molecule has 0 saturated carbocycles. The first-order chi connectivity index (χ1) is 16.6. The fraction of sp³-hybridized carbons (Fsp3) is 0.185. The number of aromatic nitrogens is 2. The highest BCUT2D eigenvalue weighted by atomic mass is 32.3. The zero-order chi connectivity index (χ0) is 25.1. The van der Waals surface area contributed by atoms with Gasteiger partial charge in [-0.25, -0.2) is 9.97 Å². The van der Waals surface area contributed by atoms with Crippen molar-refractivity contribution in [2.45, 2.75) is 53.1 Å². The van der Waals surface area contributed by atoms with Crippen LogP contribution in [-0.4, -0.2) is 24.0 Å². The Balaban J connectivity index is 1.94. The maximum atomic E-state index is 13.7. The second kappa shape index (κ2) is 9.81.